The van der Waals surface area contributed by atoms with E-state index in [1.54, 1.807) is 0 Å². The van der Waals surface area contributed by atoms with Gasteiger partial charge in [-0.25, -0.2) is 0 Å². The van der Waals surface area contributed by atoms with Gasteiger partial charge in [-0.05, 0) is 25.7 Å². The first-order valence-corrected chi connectivity index (χ1v) is 6.02. The van der Waals surface area contributed by atoms with Crippen LogP contribution in [0.4, 0.5) is 0 Å². The minimum absolute atomic E-state index is 0.188. The van der Waals surface area contributed by atoms with Gasteiger partial charge in [0.25, 0.3) is 0 Å². The molecule has 0 aromatic heterocycles. The molecule has 3 unspecified atom stereocenters. The third kappa shape index (κ3) is 3.18. The molecule has 2 rings (SSSR count). The number of nitrogens with one attached hydrogen (secondary N) is 2. The molecule has 15 heavy (non-hydrogen) atoms. The third-order valence-electron chi connectivity index (χ3n) is 3.45. The number of carbonyl (C=O) groups is 1. The highest BCUT2D eigenvalue weighted by atomic mass is 16.1. The Morgan fingerprint density at radius 1 is 1.27 bits per heavy atom. The summed E-state index contributed by atoms with van der Waals surface area (Å²) in [5.41, 5.74) is 5.94. The van der Waals surface area contributed by atoms with Crippen molar-refractivity contribution in [3.8, 4) is 0 Å². The summed E-state index contributed by atoms with van der Waals surface area (Å²) in [6, 6.07) is 1.39. The average Bonchev–Trinajstić information content (AvgIpc) is 2.22. The van der Waals surface area contributed by atoms with Gasteiger partial charge >= 0.3 is 0 Å². The van der Waals surface area contributed by atoms with Gasteiger partial charge in [-0.3, -0.25) is 4.79 Å². The average molecular weight is 211 g/mol. The van der Waals surface area contributed by atoms with Gasteiger partial charge in [-0.1, -0.05) is 6.42 Å². The van der Waals surface area contributed by atoms with E-state index in [9.17, 15) is 4.79 Å². The van der Waals surface area contributed by atoms with Crippen molar-refractivity contribution in [2.24, 2.45) is 5.73 Å². The van der Waals surface area contributed by atoms with Crippen LogP contribution in [0.2, 0.25) is 0 Å². The molecule has 3 atom stereocenters. The molecule has 1 amide bonds. The van der Waals surface area contributed by atoms with Gasteiger partial charge in [0.2, 0.25) is 5.91 Å². The monoisotopic (exact) mass is 211 g/mol. The van der Waals surface area contributed by atoms with Crippen molar-refractivity contribution >= 4 is 5.91 Å². The second-order valence-corrected chi connectivity index (χ2v) is 4.83. The molecule has 86 valence electrons. The van der Waals surface area contributed by atoms with E-state index in [0.29, 0.717) is 24.5 Å². The first kappa shape index (κ1) is 10.9. The van der Waals surface area contributed by atoms with Crippen molar-refractivity contribution in [3.63, 3.8) is 0 Å². The van der Waals surface area contributed by atoms with Crippen LogP contribution in [0.15, 0.2) is 0 Å². The molecule has 1 saturated carbocycles. The van der Waals surface area contributed by atoms with E-state index in [2.05, 4.69) is 10.6 Å². The summed E-state index contributed by atoms with van der Waals surface area (Å²) in [5.74, 6) is 0.188. The topological polar surface area (TPSA) is 67.1 Å². The predicted octanol–water partition coefficient (Wildman–Crippen LogP) is 0.124. The fraction of sp³-hybridized carbons (Fsp3) is 0.909. The van der Waals surface area contributed by atoms with Crippen molar-refractivity contribution < 1.29 is 4.79 Å². The third-order valence-corrected chi connectivity index (χ3v) is 3.45. The van der Waals surface area contributed by atoms with E-state index in [-0.39, 0.29) is 5.91 Å². The highest BCUT2D eigenvalue weighted by Crippen LogP contribution is 2.18. The molecule has 0 aromatic rings. The fourth-order valence-electron chi connectivity index (χ4n) is 2.59. The Hall–Kier alpha value is -0.610. The van der Waals surface area contributed by atoms with E-state index in [4.69, 9.17) is 5.73 Å². The molecular formula is C11H21N3O. The van der Waals surface area contributed by atoms with Crippen LogP contribution in [0.5, 0.6) is 0 Å². The lowest BCUT2D eigenvalue weighted by Gasteiger charge is -2.33. The molecule has 0 spiro atoms. The first-order chi connectivity index (χ1) is 7.24. The standard InChI is InChI=1S/C11H21N3O/c12-8-2-1-3-9(6-8)14-10-4-5-11(15)13-7-10/h8-10,14H,1-7,12H2,(H,13,15). The van der Waals surface area contributed by atoms with Crippen LogP contribution in [-0.2, 0) is 4.79 Å². The van der Waals surface area contributed by atoms with Crippen LogP contribution in [-0.4, -0.2) is 30.6 Å². The van der Waals surface area contributed by atoms with Gasteiger partial charge in [0.05, 0.1) is 0 Å². The number of nitrogens with two attached hydrogens (primary N) is 1. The molecule has 1 aliphatic carbocycles. The quantitative estimate of drug-likeness (QED) is 0.608. The molecule has 0 aromatic carbocycles. The minimum Gasteiger partial charge on any atom is -0.355 e. The smallest absolute Gasteiger partial charge is 0.220 e. The Kier molecular flexibility index (Phi) is 3.59. The summed E-state index contributed by atoms with van der Waals surface area (Å²) in [6.07, 6.45) is 6.36. The maximum atomic E-state index is 11.0. The van der Waals surface area contributed by atoms with E-state index in [1.165, 1.54) is 19.3 Å². The Bertz CT molecular complexity index is 222. The van der Waals surface area contributed by atoms with Crippen molar-refractivity contribution in [1.82, 2.24) is 10.6 Å². The number of hydrogen-bond acceptors (Lipinski definition) is 3. The van der Waals surface area contributed by atoms with E-state index >= 15 is 0 Å². The SMILES string of the molecule is NC1CCCC(NC2CCC(=O)NC2)C1. The van der Waals surface area contributed by atoms with Crippen LogP contribution in [0, 0.1) is 0 Å². The number of carbonyl (C=O) groups excluding carboxylic acids is 1. The van der Waals surface area contributed by atoms with Gasteiger partial charge in [0, 0.05) is 31.1 Å². The van der Waals surface area contributed by atoms with E-state index < -0.39 is 0 Å². The predicted molar refractivity (Wildman–Crippen MR) is 59.4 cm³/mol. The Labute approximate surface area is 91.0 Å². The number of hydrogen-bond donors (Lipinski definition) is 3. The molecule has 1 heterocycles. The molecule has 2 aliphatic rings. The summed E-state index contributed by atoms with van der Waals surface area (Å²) < 4.78 is 0. The van der Waals surface area contributed by atoms with Crippen molar-refractivity contribution in [1.29, 1.82) is 0 Å². The lowest BCUT2D eigenvalue weighted by molar-refractivity contribution is -0.122. The van der Waals surface area contributed by atoms with E-state index in [1.807, 2.05) is 0 Å². The van der Waals surface area contributed by atoms with Crippen LogP contribution in [0.1, 0.15) is 38.5 Å². The highest BCUT2D eigenvalue weighted by Gasteiger charge is 2.24. The van der Waals surface area contributed by atoms with E-state index in [0.717, 1.165) is 19.4 Å². The zero-order valence-corrected chi connectivity index (χ0v) is 9.17. The summed E-state index contributed by atoms with van der Waals surface area (Å²) in [5, 5.41) is 6.51. The molecule has 1 aliphatic heterocycles. The molecule has 0 bridgehead atoms. The summed E-state index contributed by atoms with van der Waals surface area (Å²) in [7, 11) is 0. The lowest BCUT2D eigenvalue weighted by atomic mass is 9.90. The maximum Gasteiger partial charge on any atom is 0.220 e. The Balaban J connectivity index is 1.74. The first-order valence-electron chi connectivity index (χ1n) is 6.02. The summed E-state index contributed by atoms with van der Waals surface area (Å²) >= 11 is 0. The molecule has 4 heteroatoms. The number of piperidine rings is 1. The zero-order chi connectivity index (χ0) is 10.7. The van der Waals surface area contributed by atoms with Crippen molar-refractivity contribution in [3.05, 3.63) is 0 Å². The largest absolute Gasteiger partial charge is 0.355 e. The molecule has 4 N–H and O–H groups in total. The maximum absolute atomic E-state index is 11.0. The van der Waals surface area contributed by atoms with Crippen molar-refractivity contribution in [2.45, 2.75) is 56.7 Å². The molecule has 1 saturated heterocycles. The van der Waals surface area contributed by atoms with Gasteiger partial charge in [-0.15, -0.1) is 0 Å². The Morgan fingerprint density at radius 3 is 2.80 bits per heavy atom. The number of rotatable bonds is 2. The molecular weight excluding hydrogens is 190 g/mol. The van der Waals surface area contributed by atoms with Crippen LogP contribution in [0.3, 0.4) is 0 Å². The molecule has 4 nitrogen and oxygen atoms in total. The van der Waals surface area contributed by atoms with Gasteiger partial charge in [0.1, 0.15) is 0 Å². The zero-order valence-electron chi connectivity index (χ0n) is 9.17. The number of amides is 1. The summed E-state index contributed by atoms with van der Waals surface area (Å²) in [4.78, 5) is 11.0. The second kappa shape index (κ2) is 4.94. The minimum atomic E-state index is 0.188. The fourth-order valence-corrected chi connectivity index (χ4v) is 2.59. The second-order valence-electron chi connectivity index (χ2n) is 4.83. The van der Waals surface area contributed by atoms with Gasteiger partial charge < -0.3 is 16.4 Å². The molecule has 0 radical (unpaired) electrons. The summed E-state index contributed by atoms with van der Waals surface area (Å²) in [6.45, 7) is 0.782. The van der Waals surface area contributed by atoms with Gasteiger partial charge in [0.15, 0.2) is 0 Å². The normalized spacial score (nSPS) is 37.4. The van der Waals surface area contributed by atoms with Crippen LogP contribution >= 0.6 is 0 Å². The Morgan fingerprint density at radius 2 is 2.13 bits per heavy atom. The van der Waals surface area contributed by atoms with Gasteiger partial charge in [-0.2, -0.15) is 0 Å². The van der Waals surface area contributed by atoms with Crippen molar-refractivity contribution in [2.75, 3.05) is 6.54 Å². The highest BCUT2D eigenvalue weighted by molar-refractivity contribution is 5.76. The lowest BCUT2D eigenvalue weighted by Crippen LogP contribution is -2.51. The van der Waals surface area contributed by atoms with Crippen LogP contribution in [0.25, 0.3) is 0 Å². The molecule has 2 fully saturated rings. The van der Waals surface area contributed by atoms with Crippen LogP contribution < -0.4 is 16.4 Å².